The molecule has 0 N–H and O–H groups in total. The molecule has 0 nitrogen and oxygen atoms in total. The zero-order valence-corrected chi connectivity index (χ0v) is 15.4. The van der Waals surface area contributed by atoms with Crippen LogP contribution in [0.1, 0.15) is 0 Å². The van der Waals surface area contributed by atoms with Gasteiger partial charge < -0.3 is 0 Å². The van der Waals surface area contributed by atoms with Crippen molar-refractivity contribution in [3.63, 3.8) is 0 Å². The van der Waals surface area contributed by atoms with Gasteiger partial charge in [-0.25, -0.2) is 0 Å². The zero-order chi connectivity index (χ0) is 10.5. The topological polar surface area (TPSA) is 0 Å². The molecule has 0 saturated heterocycles. The van der Waals surface area contributed by atoms with Gasteiger partial charge in [-0.05, 0) is 0 Å². The molecule has 0 saturated carbocycles. The van der Waals surface area contributed by atoms with E-state index in [1.807, 2.05) is 0 Å². The first kappa shape index (κ1) is 11.5. The summed E-state index contributed by atoms with van der Waals surface area (Å²) in [5.41, 5.74) is 0. The van der Waals surface area contributed by atoms with Crippen molar-refractivity contribution in [1.82, 2.24) is 0 Å². The molecule has 1 unspecified atom stereocenters. The first-order valence-electron chi connectivity index (χ1n) is 5.09. The Morgan fingerprint density at radius 1 is 0.800 bits per heavy atom. The van der Waals surface area contributed by atoms with Crippen LogP contribution in [-0.2, 0) is 0 Å². The molecule has 76 valence electrons. The number of hydrogen-bond donors (Lipinski definition) is 0. The standard InChI is InChI=1S/C12H13BrGe2/c13-15(12-9-5-2-6-10-12)14-11-7-3-1-4-8-11/h1-10,15H,14H2. The molecule has 2 aromatic rings. The van der Waals surface area contributed by atoms with Gasteiger partial charge in [0.15, 0.2) is 0 Å². The van der Waals surface area contributed by atoms with Crippen LogP contribution in [0.15, 0.2) is 60.7 Å². The van der Waals surface area contributed by atoms with Crippen molar-refractivity contribution in [3.05, 3.63) is 60.7 Å². The molecule has 15 heavy (non-hydrogen) atoms. The van der Waals surface area contributed by atoms with Crippen molar-refractivity contribution < 1.29 is 0 Å². The Morgan fingerprint density at radius 2 is 1.33 bits per heavy atom. The van der Waals surface area contributed by atoms with Crippen molar-refractivity contribution in [3.8, 4) is 0 Å². The van der Waals surface area contributed by atoms with Crippen LogP contribution < -0.4 is 8.79 Å². The minimum absolute atomic E-state index is 0.537. The first-order chi connectivity index (χ1) is 7.36. The average molecular weight is 382 g/mol. The first-order valence-corrected chi connectivity index (χ1v) is 24.1. The molecule has 0 fully saturated rings. The van der Waals surface area contributed by atoms with Gasteiger partial charge in [0.25, 0.3) is 0 Å². The summed E-state index contributed by atoms with van der Waals surface area (Å²) in [6.07, 6.45) is 0. The predicted octanol–water partition coefficient (Wildman–Crippen LogP) is 1.00. The summed E-state index contributed by atoms with van der Waals surface area (Å²) in [6, 6.07) is 22.0. The second-order valence-electron chi connectivity index (χ2n) is 3.57. The summed E-state index contributed by atoms with van der Waals surface area (Å²) in [6.45, 7) is 0. The van der Waals surface area contributed by atoms with Crippen LogP contribution in [0.5, 0.6) is 0 Å². The van der Waals surface area contributed by atoms with Crippen molar-refractivity contribution in [1.29, 1.82) is 0 Å². The molecule has 2 rings (SSSR count). The normalized spacial score (nSPS) is 13.1. The third kappa shape index (κ3) is 3.50. The summed E-state index contributed by atoms with van der Waals surface area (Å²) in [4.78, 5) is 0. The molecule has 0 bridgehead atoms. The van der Waals surface area contributed by atoms with Crippen molar-refractivity contribution in [2.75, 3.05) is 0 Å². The van der Waals surface area contributed by atoms with E-state index in [4.69, 9.17) is 0 Å². The number of halogens is 1. The van der Waals surface area contributed by atoms with Gasteiger partial charge in [0.1, 0.15) is 0 Å². The van der Waals surface area contributed by atoms with Crippen molar-refractivity contribution in [2.24, 2.45) is 0 Å². The third-order valence-corrected chi connectivity index (χ3v) is 33.1. The van der Waals surface area contributed by atoms with E-state index in [0.717, 1.165) is 0 Å². The molecule has 0 amide bonds. The van der Waals surface area contributed by atoms with Crippen LogP contribution in [0.3, 0.4) is 0 Å². The minimum atomic E-state index is -1.27. The summed E-state index contributed by atoms with van der Waals surface area (Å²) >= 11 is 3.46. The van der Waals surface area contributed by atoms with Gasteiger partial charge in [0.2, 0.25) is 0 Å². The molecule has 0 aliphatic heterocycles. The molecule has 3 heteroatoms. The average Bonchev–Trinajstić information content (AvgIpc) is 2.31. The fourth-order valence-electron chi connectivity index (χ4n) is 1.60. The van der Waals surface area contributed by atoms with Gasteiger partial charge in [-0.1, -0.05) is 0 Å². The van der Waals surface area contributed by atoms with Gasteiger partial charge in [-0.2, -0.15) is 0 Å². The quantitative estimate of drug-likeness (QED) is 0.695. The number of benzene rings is 2. The van der Waals surface area contributed by atoms with Crippen molar-refractivity contribution in [2.45, 2.75) is 0 Å². The monoisotopic (exact) mass is 384 g/mol. The van der Waals surface area contributed by atoms with Gasteiger partial charge in [-0.3, -0.25) is 0 Å². The van der Waals surface area contributed by atoms with Gasteiger partial charge >= 0.3 is 107 Å². The van der Waals surface area contributed by atoms with E-state index in [1.54, 1.807) is 8.79 Å². The SMILES string of the molecule is [Br][GeH]([GeH2][c]1ccccc1)[c]1ccccc1. The van der Waals surface area contributed by atoms with E-state index >= 15 is 0 Å². The zero-order valence-electron chi connectivity index (χ0n) is 8.44. The van der Waals surface area contributed by atoms with E-state index in [2.05, 4.69) is 74.7 Å². The number of hydrogen-bond acceptors (Lipinski definition) is 0. The maximum atomic E-state index is 3.99. The molecular weight excluding hydrogens is 369 g/mol. The van der Waals surface area contributed by atoms with E-state index < -0.39 is 24.0 Å². The Kier molecular flexibility index (Phi) is 4.53. The summed E-state index contributed by atoms with van der Waals surface area (Å²) in [7, 11) is -1.27. The van der Waals surface area contributed by atoms with E-state index in [9.17, 15) is 0 Å². The number of rotatable bonds is 3. The molecule has 0 aliphatic rings. The molecule has 2 aromatic carbocycles. The van der Waals surface area contributed by atoms with Crippen LogP contribution in [0.4, 0.5) is 0 Å². The Bertz CT molecular complexity index is 402. The van der Waals surface area contributed by atoms with Crippen LogP contribution in [-0.4, -0.2) is 24.0 Å². The van der Waals surface area contributed by atoms with E-state index in [-0.39, 0.29) is 0 Å². The Balaban J connectivity index is 2.08. The summed E-state index contributed by atoms with van der Waals surface area (Å²) in [5, 5.41) is 0. The molecule has 0 spiro atoms. The van der Waals surface area contributed by atoms with Crippen LogP contribution in [0.2, 0.25) is 0 Å². The fourth-order valence-corrected chi connectivity index (χ4v) is 30.1. The van der Waals surface area contributed by atoms with Gasteiger partial charge in [0, 0.05) is 0 Å². The second kappa shape index (κ2) is 5.92. The molecule has 0 radical (unpaired) electrons. The molecule has 0 aliphatic carbocycles. The summed E-state index contributed by atoms with van der Waals surface area (Å²) < 4.78 is 3.24. The third-order valence-electron chi connectivity index (χ3n) is 2.42. The summed E-state index contributed by atoms with van der Waals surface area (Å²) in [5.74, 6) is 0. The van der Waals surface area contributed by atoms with E-state index in [0.29, 0.717) is 0 Å². The Hall–Kier alpha value is 0.00571. The van der Waals surface area contributed by atoms with E-state index in [1.165, 1.54) is 0 Å². The molecule has 1 atom stereocenters. The van der Waals surface area contributed by atoms with Crippen LogP contribution >= 0.6 is 14.0 Å². The fraction of sp³-hybridized carbons (Fsp3) is 0. The van der Waals surface area contributed by atoms with Gasteiger partial charge in [0.05, 0.1) is 0 Å². The maximum absolute atomic E-state index is 3.99. The van der Waals surface area contributed by atoms with Crippen molar-refractivity contribution >= 4 is 46.8 Å². The second-order valence-corrected chi connectivity index (χ2v) is 41.6. The molecular formula is C12H13BrGe2. The Labute approximate surface area is 107 Å². The van der Waals surface area contributed by atoms with Crippen LogP contribution in [0.25, 0.3) is 0 Å². The Morgan fingerprint density at radius 3 is 1.93 bits per heavy atom. The van der Waals surface area contributed by atoms with Gasteiger partial charge in [-0.15, -0.1) is 0 Å². The van der Waals surface area contributed by atoms with Crippen LogP contribution in [0, 0.1) is 0 Å². The molecule has 0 aromatic heterocycles. The molecule has 0 heterocycles. The predicted molar refractivity (Wildman–Crippen MR) is 76.8 cm³/mol.